The van der Waals surface area contributed by atoms with E-state index < -0.39 is 5.41 Å². The van der Waals surface area contributed by atoms with Crippen molar-refractivity contribution in [3.63, 3.8) is 0 Å². The van der Waals surface area contributed by atoms with E-state index in [9.17, 15) is 9.90 Å². The normalized spacial score (nSPS) is 19.2. The van der Waals surface area contributed by atoms with Gasteiger partial charge in [-0.1, -0.05) is 44.2 Å². The summed E-state index contributed by atoms with van der Waals surface area (Å²) in [6, 6.07) is 9.83. The summed E-state index contributed by atoms with van der Waals surface area (Å²) in [6.07, 6.45) is 1.58. The van der Waals surface area contributed by atoms with Crippen molar-refractivity contribution in [2.24, 2.45) is 5.92 Å². The van der Waals surface area contributed by atoms with E-state index in [-0.39, 0.29) is 24.5 Å². The first-order valence-corrected chi connectivity index (χ1v) is 7.78. The predicted octanol–water partition coefficient (Wildman–Crippen LogP) is 1.44. The number of carbonyl (C=O) groups excluding carboxylic acids is 1. The van der Waals surface area contributed by atoms with Crippen LogP contribution in [0.4, 0.5) is 0 Å². The van der Waals surface area contributed by atoms with Crippen LogP contribution in [0.1, 0.15) is 32.3 Å². The van der Waals surface area contributed by atoms with Crippen molar-refractivity contribution >= 4 is 5.91 Å². The Morgan fingerprint density at radius 3 is 2.43 bits per heavy atom. The zero-order valence-corrected chi connectivity index (χ0v) is 12.9. The minimum atomic E-state index is -0.477. The van der Waals surface area contributed by atoms with Crippen LogP contribution in [0.5, 0.6) is 0 Å². The summed E-state index contributed by atoms with van der Waals surface area (Å²) in [7, 11) is 0. The van der Waals surface area contributed by atoms with Gasteiger partial charge in [0.05, 0.1) is 18.1 Å². The Kier molecular flexibility index (Phi) is 5.37. The zero-order chi connectivity index (χ0) is 15.3. The molecule has 2 rings (SSSR count). The molecule has 0 aliphatic carbocycles. The highest BCUT2D eigenvalue weighted by Crippen LogP contribution is 2.34. The Balaban J connectivity index is 2.26. The van der Waals surface area contributed by atoms with E-state index in [1.165, 1.54) is 0 Å². The van der Waals surface area contributed by atoms with Gasteiger partial charge in [-0.15, -0.1) is 0 Å². The fourth-order valence-corrected chi connectivity index (χ4v) is 2.99. The number of rotatable bonds is 5. The molecule has 0 saturated carbocycles. The second kappa shape index (κ2) is 7.05. The maximum absolute atomic E-state index is 12.9. The molecule has 4 nitrogen and oxygen atoms in total. The fraction of sp³-hybridized carbons (Fsp3) is 0.588. The summed E-state index contributed by atoms with van der Waals surface area (Å²) in [5, 5.41) is 15.9. The lowest BCUT2D eigenvalue weighted by atomic mass is 9.72. The van der Waals surface area contributed by atoms with Gasteiger partial charge in [-0.25, -0.2) is 0 Å². The van der Waals surface area contributed by atoms with E-state index in [0.29, 0.717) is 0 Å². The third kappa shape index (κ3) is 3.44. The molecular formula is C17H26N2O2. The SMILES string of the molecule is CC(C)C(CO)NC(=O)C1(c2ccccc2)CCNCC1. The van der Waals surface area contributed by atoms with E-state index in [0.717, 1.165) is 31.5 Å². The highest BCUT2D eigenvalue weighted by Gasteiger charge is 2.41. The summed E-state index contributed by atoms with van der Waals surface area (Å²) in [6.45, 7) is 5.69. The van der Waals surface area contributed by atoms with Gasteiger partial charge in [0.15, 0.2) is 0 Å². The quantitative estimate of drug-likeness (QED) is 0.769. The standard InChI is InChI=1S/C17H26N2O2/c1-13(2)15(12-20)19-16(21)17(8-10-18-11-9-17)14-6-4-3-5-7-14/h3-7,13,15,18,20H,8-12H2,1-2H3,(H,19,21). The van der Waals surface area contributed by atoms with Gasteiger partial charge in [-0.3, -0.25) is 4.79 Å². The van der Waals surface area contributed by atoms with Gasteiger partial charge in [0.2, 0.25) is 5.91 Å². The Bertz CT molecular complexity index is 453. The van der Waals surface area contributed by atoms with Gasteiger partial charge in [-0.2, -0.15) is 0 Å². The molecule has 1 aromatic rings. The molecule has 1 aliphatic heterocycles. The maximum Gasteiger partial charge on any atom is 0.231 e. The largest absolute Gasteiger partial charge is 0.394 e. The second-order valence-electron chi connectivity index (χ2n) is 6.20. The van der Waals surface area contributed by atoms with E-state index in [4.69, 9.17) is 0 Å². The number of nitrogens with one attached hydrogen (secondary N) is 2. The average Bonchev–Trinajstić information content (AvgIpc) is 2.53. The predicted molar refractivity (Wildman–Crippen MR) is 84.1 cm³/mol. The minimum absolute atomic E-state index is 0.0213. The van der Waals surface area contributed by atoms with Gasteiger partial charge < -0.3 is 15.7 Å². The van der Waals surface area contributed by atoms with E-state index >= 15 is 0 Å². The Labute approximate surface area is 126 Å². The molecule has 0 spiro atoms. The molecule has 1 fully saturated rings. The molecule has 1 atom stereocenters. The van der Waals surface area contributed by atoms with Gasteiger partial charge in [0.25, 0.3) is 0 Å². The van der Waals surface area contributed by atoms with Gasteiger partial charge in [0, 0.05) is 0 Å². The lowest BCUT2D eigenvalue weighted by molar-refractivity contribution is -0.129. The Morgan fingerprint density at radius 1 is 1.29 bits per heavy atom. The summed E-state index contributed by atoms with van der Waals surface area (Å²) >= 11 is 0. The van der Waals surface area contributed by atoms with Crippen molar-refractivity contribution in [3.05, 3.63) is 35.9 Å². The van der Waals surface area contributed by atoms with Crippen molar-refractivity contribution in [2.45, 2.75) is 38.1 Å². The van der Waals surface area contributed by atoms with E-state index in [2.05, 4.69) is 10.6 Å². The highest BCUT2D eigenvalue weighted by atomic mass is 16.3. The molecule has 21 heavy (non-hydrogen) atoms. The lowest BCUT2D eigenvalue weighted by Gasteiger charge is -2.38. The number of aliphatic hydroxyl groups excluding tert-OH is 1. The second-order valence-corrected chi connectivity index (χ2v) is 6.20. The third-order valence-corrected chi connectivity index (χ3v) is 4.54. The van der Waals surface area contributed by atoms with Crippen molar-refractivity contribution < 1.29 is 9.90 Å². The minimum Gasteiger partial charge on any atom is -0.394 e. The molecule has 1 saturated heterocycles. The summed E-state index contributed by atoms with van der Waals surface area (Å²) in [4.78, 5) is 12.9. The molecule has 4 heteroatoms. The van der Waals surface area contributed by atoms with Crippen LogP contribution in [-0.2, 0) is 10.2 Å². The molecule has 0 aromatic heterocycles. The first kappa shape index (κ1) is 16.0. The lowest BCUT2D eigenvalue weighted by Crippen LogP contribution is -2.54. The number of carbonyl (C=O) groups is 1. The van der Waals surface area contributed by atoms with Crippen LogP contribution < -0.4 is 10.6 Å². The third-order valence-electron chi connectivity index (χ3n) is 4.54. The van der Waals surface area contributed by atoms with Gasteiger partial charge in [0.1, 0.15) is 0 Å². The molecular weight excluding hydrogens is 264 g/mol. The number of benzene rings is 1. The van der Waals surface area contributed by atoms with E-state index in [1.54, 1.807) is 0 Å². The van der Waals surface area contributed by atoms with Crippen molar-refractivity contribution in [1.29, 1.82) is 0 Å². The molecule has 0 bridgehead atoms. The van der Waals surface area contributed by atoms with Crippen LogP contribution in [0.25, 0.3) is 0 Å². The maximum atomic E-state index is 12.9. The van der Waals surface area contributed by atoms with Crippen LogP contribution >= 0.6 is 0 Å². The molecule has 1 amide bonds. The van der Waals surface area contributed by atoms with Crippen LogP contribution in [-0.4, -0.2) is 36.8 Å². The zero-order valence-electron chi connectivity index (χ0n) is 12.9. The number of piperidine rings is 1. The molecule has 1 aliphatic rings. The van der Waals surface area contributed by atoms with Crippen molar-refractivity contribution in [3.8, 4) is 0 Å². The van der Waals surface area contributed by atoms with Crippen molar-refractivity contribution in [1.82, 2.24) is 10.6 Å². The molecule has 3 N–H and O–H groups in total. The highest BCUT2D eigenvalue weighted by molar-refractivity contribution is 5.88. The summed E-state index contributed by atoms with van der Waals surface area (Å²) in [5.74, 6) is 0.261. The van der Waals surface area contributed by atoms with Crippen LogP contribution in [0.3, 0.4) is 0 Å². The van der Waals surface area contributed by atoms with Gasteiger partial charge >= 0.3 is 0 Å². The molecule has 1 aromatic carbocycles. The number of hydrogen-bond acceptors (Lipinski definition) is 3. The van der Waals surface area contributed by atoms with Crippen LogP contribution in [0, 0.1) is 5.92 Å². The van der Waals surface area contributed by atoms with E-state index in [1.807, 2.05) is 44.2 Å². The molecule has 1 heterocycles. The first-order chi connectivity index (χ1) is 10.1. The number of hydrogen-bond donors (Lipinski definition) is 3. The molecule has 0 radical (unpaired) electrons. The first-order valence-electron chi connectivity index (χ1n) is 7.78. The number of aliphatic hydroxyl groups is 1. The topological polar surface area (TPSA) is 61.4 Å². The van der Waals surface area contributed by atoms with Crippen LogP contribution in [0.15, 0.2) is 30.3 Å². The molecule has 116 valence electrons. The Hall–Kier alpha value is -1.39. The number of amides is 1. The Morgan fingerprint density at radius 2 is 1.90 bits per heavy atom. The summed E-state index contributed by atoms with van der Waals surface area (Å²) < 4.78 is 0. The van der Waals surface area contributed by atoms with Crippen LogP contribution in [0.2, 0.25) is 0 Å². The molecule has 1 unspecified atom stereocenters. The monoisotopic (exact) mass is 290 g/mol. The van der Waals surface area contributed by atoms with Gasteiger partial charge in [-0.05, 0) is 37.4 Å². The smallest absolute Gasteiger partial charge is 0.231 e. The fourth-order valence-electron chi connectivity index (χ4n) is 2.99. The van der Waals surface area contributed by atoms with Crippen molar-refractivity contribution in [2.75, 3.05) is 19.7 Å². The summed E-state index contributed by atoms with van der Waals surface area (Å²) in [5.41, 5.74) is 0.596. The average molecular weight is 290 g/mol.